The van der Waals surface area contributed by atoms with E-state index in [-0.39, 0.29) is 13.2 Å². The minimum atomic E-state index is -3.66. The number of nitrogens with zero attached hydrogens (tertiary/aromatic N) is 1. The Kier molecular flexibility index (Phi) is 10.0. The molecule has 9 nitrogen and oxygen atoms in total. The van der Waals surface area contributed by atoms with E-state index >= 15 is 0 Å². The van der Waals surface area contributed by atoms with Crippen LogP contribution in [-0.4, -0.2) is 49.6 Å². The fourth-order valence-electron chi connectivity index (χ4n) is 0.806. The Morgan fingerprint density at radius 3 is 2.00 bits per heavy atom. The van der Waals surface area contributed by atoms with Crippen LogP contribution in [0.5, 0.6) is 0 Å². The van der Waals surface area contributed by atoms with Crippen molar-refractivity contribution in [1.29, 1.82) is 0 Å². The molecule has 0 spiro atoms. The normalized spacial score (nSPS) is 11.2. The Bertz CT molecular complexity index is 217. The molecule has 0 aliphatic heterocycles. The Balaban J connectivity index is 4.17. The lowest BCUT2D eigenvalue weighted by atomic mass is 10.5. The van der Waals surface area contributed by atoms with Gasteiger partial charge in [0.1, 0.15) is 0 Å². The quantitative estimate of drug-likeness (QED) is 0.128. The van der Waals surface area contributed by atoms with Crippen molar-refractivity contribution in [3.8, 4) is 0 Å². The van der Waals surface area contributed by atoms with Gasteiger partial charge in [0.15, 0.2) is 0 Å². The summed E-state index contributed by atoms with van der Waals surface area (Å²) >= 11 is 0. The molecule has 0 bridgehead atoms. The molecule has 0 atom stereocenters. The second-order valence-electron chi connectivity index (χ2n) is 2.43. The minimum Gasteiger partial charge on any atom is -0.347 e. The van der Waals surface area contributed by atoms with Crippen molar-refractivity contribution in [1.82, 2.24) is 0 Å². The molecule has 0 aliphatic carbocycles. The summed E-state index contributed by atoms with van der Waals surface area (Å²) in [7, 11) is 0.0869. The fraction of sp³-hybridized carbons (Fsp3) is 0.857. The van der Waals surface area contributed by atoms with Crippen LogP contribution in [0.2, 0.25) is 0 Å². The molecule has 0 saturated heterocycles. The SMILES string of the molecule is COO[Si](OCCCN=C=O)(OOC)OOC. The maximum absolute atomic E-state index is 9.81. The van der Waals surface area contributed by atoms with Crippen LogP contribution < -0.4 is 0 Å². The van der Waals surface area contributed by atoms with Gasteiger partial charge >= 0.3 is 9.05 Å². The summed E-state index contributed by atoms with van der Waals surface area (Å²) in [6, 6.07) is 0. The smallest absolute Gasteiger partial charge is 0.347 e. The van der Waals surface area contributed by atoms with Gasteiger partial charge in [-0.05, 0) is 6.42 Å². The zero-order valence-electron chi connectivity index (χ0n) is 9.83. The number of hydrogen-bond acceptors (Lipinski definition) is 9. The first-order chi connectivity index (χ1) is 8.24. The molecule has 0 saturated carbocycles. The second-order valence-corrected chi connectivity index (χ2v) is 4.21. The van der Waals surface area contributed by atoms with Crippen molar-refractivity contribution >= 4 is 15.1 Å². The van der Waals surface area contributed by atoms with E-state index in [9.17, 15) is 4.79 Å². The third-order valence-corrected chi connectivity index (χ3v) is 2.98. The fourth-order valence-corrected chi connectivity index (χ4v) is 2.04. The number of isocyanates is 1. The van der Waals surface area contributed by atoms with E-state index in [1.807, 2.05) is 0 Å². The Morgan fingerprint density at radius 2 is 1.59 bits per heavy atom. The summed E-state index contributed by atoms with van der Waals surface area (Å²) in [5.74, 6) is 0. The first-order valence-corrected chi connectivity index (χ1v) is 6.21. The molecule has 0 fully saturated rings. The van der Waals surface area contributed by atoms with Gasteiger partial charge in [-0.15, -0.1) is 0 Å². The van der Waals surface area contributed by atoms with Gasteiger partial charge in [0, 0.05) is 6.61 Å². The summed E-state index contributed by atoms with van der Waals surface area (Å²) < 4.78 is 19.4. The average molecular weight is 269 g/mol. The van der Waals surface area contributed by atoms with Crippen molar-refractivity contribution in [2.75, 3.05) is 34.5 Å². The molecule has 0 aliphatic rings. The highest BCUT2D eigenvalue weighted by Gasteiger charge is 2.51. The van der Waals surface area contributed by atoms with Crippen LogP contribution in [0.4, 0.5) is 0 Å². The molecule has 10 heteroatoms. The topological polar surface area (TPSA) is 94.0 Å². The Labute approximate surface area is 99.4 Å². The van der Waals surface area contributed by atoms with Gasteiger partial charge in [0.05, 0.1) is 27.9 Å². The van der Waals surface area contributed by atoms with Gasteiger partial charge < -0.3 is 4.43 Å². The van der Waals surface area contributed by atoms with Crippen LogP contribution in [0.1, 0.15) is 6.42 Å². The third kappa shape index (κ3) is 7.28. The molecule has 0 amide bonds. The molecule has 0 radical (unpaired) electrons. The second kappa shape index (κ2) is 10.5. The van der Waals surface area contributed by atoms with Crippen molar-refractivity contribution in [3.05, 3.63) is 0 Å². The molecule has 0 aromatic rings. The largest absolute Gasteiger partial charge is 0.764 e. The molecule has 0 N–H and O–H groups in total. The molecule has 0 aromatic heterocycles. The lowest BCUT2D eigenvalue weighted by Crippen LogP contribution is -2.48. The standard InChI is InChI=1S/C7H15NO8Si/c1-10-14-17(15-11-2,16-12-3)13-6-4-5-8-7-9/h4-6H2,1-3H3. The predicted molar refractivity (Wildman–Crippen MR) is 53.6 cm³/mol. The van der Waals surface area contributed by atoms with Gasteiger partial charge in [-0.2, -0.15) is 13.7 Å². The number of rotatable bonds is 11. The molecule has 0 unspecified atom stereocenters. The lowest BCUT2D eigenvalue weighted by molar-refractivity contribution is -0.370. The number of hydrogen-bond donors (Lipinski definition) is 0. The van der Waals surface area contributed by atoms with Crippen molar-refractivity contribution in [2.45, 2.75) is 6.42 Å². The van der Waals surface area contributed by atoms with Crippen molar-refractivity contribution in [3.63, 3.8) is 0 Å². The van der Waals surface area contributed by atoms with E-state index in [4.69, 9.17) is 18.2 Å². The molecule has 17 heavy (non-hydrogen) atoms. The predicted octanol–water partition coefficient (Wildman–Crippen LogP) is -0.102. The highest BCUT2D eigenvalue weighted by molar-refractivity contribution is 6.52. The summed E-state index contributed by atoms with van der Waals surface area (Å²) in [6.07, 6.45) is 1.85. The highest BCUT2D eigenvalue weighted by atomic mass is 28.4. The summed E-state index contributed by atoms with van der Waals surface area (Å²) in [5, 5.41) is 0. The maximum atomic E-state index is 9.81. The molecule has 0 aromatic carbocycles. The number of aliphatic imine (C=N–C) groups is 1. The molecule has 0 heterocycles. The van der Waals surface area contributed by atoms with Crippen LogP contribution >= 0.6 is 0 Å². The zero-order chi connectivity index (χ0) is 13.0. The first-order valence-electron chi connectivity index (χ1n) is 4.57. The van der Waals surface area contributed by atoms with Gasteiger partial charge in [0.2, 0.25) is 6.08 Å². The summed E-state index contributed by atoms with van der Waals surface area (Å²) in [5.41, 5.74) is 0. The van der Waals surface area contributed by atoms with E-state index in [2.05, 4.69) is 19.7 Å². The van der Waals surface area contributed by atoms with Gasteiger partial charge in [0.25, 0.3) is 0 Å². The van der Waals surface area contributed by atoms with E-state index < -0.39 is 9.05 Å². The summed E-state index contributed by atoms with van der Waals surface area (Å²) in [4.78, 5) is 26.5. The van der Waals surface area contributed by atoms with Crippen LogP contribution in [0, 0.1) is 0 Å². The van der Waals surface area contributed by atoms with Crippen LogP contribution in [0.25, 0.3) is 0 Å². The van der Waals surface area contributed by atoms with Gasteiger partial charge in [-0.25, -0.2) is 24.4 Å². The Hall–Kier alpha value is -0.683. The van der Waals surface area contributed by atoms with Crippen LogP contribution in [0.3, 0.4) is 0 Å². The summed E-state index contributed by atoms with van der Waals surface area (Å²) in [6.45, 7) is 0.411. The van der Waals surface area contributed by atoms with Crippen molar-refractivity contribution < 1.29 is 37.6 Å². The monoisotopic (exact) mass is 269 g/mol. The number of carbonyl (C=O) groups excluding carboxylic acids is 1. The molecular formula is C7H15NO8Si. The van der Waals surface area contributed by atoms with E-state index in [0.717, 1.165) is 0 Å². The van der Waals surface area contributed by atoms with Gasteiger partial charge in [-0.3, -0.25) is 0 Å². The van der Waals surface area contributed by atoms with Crippen molar-refractivity contribution in [2.24, 2.45) is 4.99 Å². The molecule has 100 valence electrons. The lowest BCUT2D eigenvalue weighted by Gasteiger charge is -2.22. The highest BCUT2D eigenvalue weighted by Crippen LogP contribution is 2.12. The maximum Gasteiger partial charge on any atom is 0.764 e. The van der Waals surface area contributed by atoms with Gasteiger partial charge in [-0.1, -0.05) is 0 Å². The first kappa shape index (κ1) is 16.3. The minimum absolute atomic E-state index is 0.146. The van der Waals surface area contributed by atoms with E-state index in [1.54, 1.807) is 0 Å². The molecular weight excluding hydrogens is 254 g/mol. The van der Waals surface area contributed by atoms with Crippen LogP contribution in [-0.2, 0) is 37.6 Å². The zero-order valence-corrected chi connectivity index (χ0v) is 10.8. The van der Waals surface area contributed by atoms with E-state index in [1.165, 1.54) is 27.4 Å². The molecule has 0 rings (SSSR count). The average Bonchev–Trinajstić information content (AvgIpc) is 2.30. The van der Waals surface area contributed by atoms with Crippen LogP contribution in [0.15, 0.2) is 4.99 Å². The van der Waals surface area contributed by atoms with E-state index in [0.29, 0.717) is 6.42 Å². The third-order valence-electron chi connectivity index (χ3n) is 1.31. The Morgan fingerprint density at radius 1 is 1.06 bits per heavy atom.